The Hall–Kier alpha value is -2.90. The van der Waals surface area contributed by atoms with Gasteiger partial charge in [0, 0.05) is 36.8 Å². The summed E-state index contributed by atoms with van der Waals surface area (Å²) in [6.07, 6.45) is 0. The van der Waals surface area contributed by atoms with Crippen LogP contribution in [0.5, 0.6) is 5.75 Å². The lowest BCUT2D eigenvalue weighted by Crippen LogP contribution is -2.50. The first-order valence-corrected chi connectivity index (χ1v) is 10.3. The minimum Gasteiger partial charge on any atom is -0.484 e. The van der Waals surface area contributed by atoms with Gasteiger partial charge < -0.3 is 14.2 Å². The number of rotatable bonds is 6. The number of piperazine rings is 1. The molecule has 0 spiro atoms. The Morgan fingerprint density at radius 3 is 2.50 bits per heavy atom. The van der Waals surface area contributed by atoms with E-state index in [0.717, 1.165) is 18.7 Å². The van der Waals surface area contributed by atoms with Gasteiger partial charge in [0.25, 0.3) is 5.91 Å². The number of halogens is 1. The van der Waals surface area contributed by atoms with Crippen molar-refractivity contribution in [3.63, 3.8) is 0 Å². The number of carbonyl (C=O) groups excluding carboxylic acids is 1. The van der Waals surface area contributed by atoms with Crippen LogP contribution in [0.3, 0.4) is 0 Å². The zero-order valence-electron chi connectivity index (χ0n) is 16.7. The molecule has 1 aliphatic heterocycles. The fourth-order valence-corrected chi connectivity index (χ4v) is 3.52. The molecule has 7 nitrogen and oxygen atoms in total. The summed E-state index contributed by atoms with van der Waals surface area (Å²) < 4.78 is 11.1. The highest BCUT2D eigenvalue weighted by molar-refractivity contribution is 6.30. The van der Waals surface area contributed by atoms with Crippen LogP contribution < -0.4 is 4.74 Å². The Morgan fingerprint density at radius 1 is 1.10 bits per heavy atom. The van der Waals surface area contributed by atoms with Gasteiger partial charge in [-0.05, 0) is 31.2 Å². The van der Waals surface area contributed by atoms with E-state index in [0.29, 0.717) is 35.6 Å². The van der Waals surface area contributed by atoms with Crippen molar-refractivity contribution in [2.24, 2.45) is 0 Å². The van der Waals surface area contributed by atoms with E-state index in [1.807, 2.05) is 42.2 Å². The van der Waals surface area contributed by atoms with Gasteiger partial charge in [-0.25, -0.2) is 0 Å². The zero-order valence-corrected chi connectivity index (χ0v) is 17.5. The lowest BCUT2D eigenvalue weighted by molar-refractivity contribution is -0.135. The number of amides is 1. The minimum absolute atomic E-state index is 0.0152. The van der Waals surface area contributed by atoms with Crippen LogP contribution in [0.25, 0.3) is 11.4 Å². The van der Waals surface area contributed by atoms with E-state index in [4.69, 9.17) is 20.9 Å². The maximum atomic E-state index is 12.5. The highest BCUT2D eigenvalue weighted by Gasteiger charge is 2.28. The van der Waals surface area contributed by atoms with Gasteiger partial charge in [-0.15, -0.1) is 0 Å². The fourth-order valence-electron chi connectivity index (χ4n) is 3.39. The van der Waals surface area contributed by atoms with Gasteiger partial charge >= 0.3 is 0 Å². The summed E-state index contributed by atoms with van der Waals surface area (Å²) in [4.78, 5) is 21.1. The molecule has 0 N–H and O–H groups in total. The quantitative estimate of drug-likeness (QED) is 0.598. The largest absolute Gasteiger partial charge is 0.484 e. The predicted octanol–water partition coefficient (Wildman–Crippen LogP) is 3.67. The molecule has 4 rings (SSSR count). The number of benzene rings is 2. The molecule has 0 aliphatic carbocycles. The summed E-state index contributed by atoms with van der Waals surface area (Å²) in [5.74, 6) is 1.78. The SMILES string of the molecule is CC(c1nc(-c2ccccc2)no1)N1CCN(C(=O)COc2ccc(Cl)cc2)CC1. The normalized spacial score (nSPS) is 15.7. The molecule has 1 saturated heterocycles. The third-order valence-electron chi connectivity index (χ3n) is 5.22. The number of ether oxygens (including phenoxy) is 1. The van der Waals surface area contributed by atoms with Gasteiger partial charge in [-0.1, -0.05) is 47.1 Å². The van der Waals surface area contributed by atoms with Crippen molar-refractivity contribution in [2.45, 2.75) is 13.0 Å². The average Bonchev–Trinajstić information content (AvgIpc) is 3.29. The van der Waals surface area contributed by atoms with Crippen LogP contribution in [-0.2, 0) is 4.79 Å². The standard InChI is InChI=1S/C22H23ClN4O3/c1-16(22-24-21(25-30-22)17-5-3-2-4-6-17)26-11-13-27(14-12-26)20(28)15-29-19-9-7-18(23)8-10-19/h2-10,16H,11-15H2,1H3. The van der Waals surface area contributed by atoms with Crippen molar-refractivity contribution in [2.75, 3.05) is 32.8 Å². The summed E-state index contributed by atoms with van der Waals surface area (Å²) in [6, 6.07) is 16.7. The van der Waals surface area contributed by atoms with E-state index in [2.05, 4.69) is 15.0 Å². The summed E-state index contributed by atoms with van der Waals surface area (Å²) in [5, 5.41) is 4.74. The number of nitrogens with zero attached hydrogens (tertiary/aromatic N) is 4. The molecule has 0 bridgehead atoms. The Labute approximate surface area is 180 Å². The number of hydrogen-bond donors (Lipinski definition) is 0. The molecule has 30 heavy (non-hydrogen) atoms. The van der Waals surface area contributed by atoms with Crippen LogP contribution in [-0.4, -0.2) is 58.6 Å². The molecule has 3 aromatic rings. The highest BCUT2D eigenvalue weighted by atomic mass is 35.5. The molecule has 1 unspecified atom stereocenters. The van der Waals surface area contributed by atoms with Crippen molar-refractivity contribution in [1.82, 2.24) is 19.9 Å². The Morgan fingerprint density at radius 2 is 1.80 bits per heavy atom. The topological polar surface area (TPSA) is 71.7 Å². The second kappa shape index (κ2) is 9.28. The highest BCUT2D eigenvalue weighted by Crippen LogP contribution is 2.23. The first-order chi connectivity index (χ1) is 14.6. The number of aromatic nitrogens is 2. The summed E-state index contributed by atoms with van der Waals surface area (Å²) in [6.45, 7) is 4.79. The van der Waals surface area contributed by atoms with E-state index < -0.39 is 0 Å². The van der Waals surface area contributed by atoms with Gasteiger partial charge in [0.05, 0.1) is 6.04 Å². The van der Waals surface area contributed by atoms with Gasteiger partial charge in [-0.2, -0.15) is 4.98 Å². The van der Waals surface area contributed by atoms with Crippen LogP contribution in [0.1, 0.15) is 18.9 Å². The molecule has 2 aromatic carbocycles. The van der Waals surface area contributed by atoms with Crippen molar-refractivity contribution in [3.8, 4) is 17.1 Å². The van der Waals surface area contributed by atoms with E-state index >= 15 is 0 Å². The molecule has 0 saturated carbocycles. The third kappa shape index (κ3) is 4.80. The summed E-state index contributed by atoms with van der Waals surface area (Å²) in [5.41, 5.74) is 0.927. The molecule has 1 amide bonds. The molecular formula is C22H23ClN4O3. The minimum atomic E-state index is -0.0265. The van der Waals surface area contributed by atoms with Gasteiger partial charge in [0.15, 0.2) is 6.61 Å². The molecule has 156 valence electrons. The van der Waals surface area contributed by atoms with Crippen LogP contribution in [0.4, 0.5) is 0 Å². The summed E-state index contributed by atoms with van der Waals surface area (Å²) >= 11 is 5.86. The zero-order chi connectivity index (χ0) is 20.9. The number of hydrogen-bond acceptors (Lipinski definition) is 6. The Bertz CT molecular complexity index is 970. The van der Waals surface area contributed by atoms with E-state index in [1.165, 1.54) is 0 Å². The van der Waals surface area contributed by atoms with E-state index in [-0.39, 0.29) is 18.6 Å². The lowest BCUT2D eigenvalue weighted by atomic mass is 10.2. The fraction of sp³-hybridized carbons (Fsp3) is 0.318. The second-order valence-electron chi connectivity index (χ2n) is 7.16. The molecule has 8 heteroatoms. The molecule has 1 atom stereocenters. The lowest BCUT2D eigenvalue weighted by Gasteiger charge is -2.36. The Balaban J connectivity index is 1.28. The van der Waals surface area contributed by atoms with Crippen LogP contribution in [0.15, 0.2) is 59.1 Å². The predicted molar refractivity (Wildman–Crippen MR) is 113 cm³/mol. The monoisotopic (exact) mass is 426 g/mol. The van der Waals surface area contributed by atoms with Crippen LogP contribution in [0.2, 0.25) is 5.02 Å². The average molecular weight is 427 g/mol. The number of carbonyl (C=O) groups is 1. The molecule has 1 aromatic heterocycles. The van der Waals surface area contributed by atoms with Gasteiger partial charge in [0.1, 0.15) is 5.75 Å². The first-order valence-electron chi connectivity index (χ1n) is 9.89. The van der Waals surface area contributed by atoms with Gasteiger partial charge in [-0.3, -0.25) is 9.69 Å². The molecule has 2 heterocycles. The molecule has 0 radical (unpaired) electrons. The van der Waals surface area contributed by atoms with Gasteiger partial charge in [0.2, 0.25) is 11.7 Å². The van der Waals surface area contributed by atoms with E-state index in [1.54, 1.807) is 24.3 Å². The van der Waals surface area contributed by atoms with Crippen molar-refractivity contribution >= 4 is 17.5 Å². The molecule has 1 fully saturated rings. The molecular weight excluding hydrogens is 404 g/mol. The maximum Gasteiger partial charge on any atom is 0.260 e. The van der Waals surface area contributed by atoms with Crippen molar-refractivity contribution in [1.29, 1.82) is 0 Å². The smallest absolute Gasteiger partial charge is 0.260 e. The first kappa shape index (κ1) is 20.4. The summed E-state index contributed by atoms with van der Waals surface area (Å²) in [7, 11) is 0. The van der Waals surface area contributed by atoms with Crippen molar-refractivity contribution < 1.29 is 14.1 Å². The van der Waals surface area contributed by atoms with E-state index in [9.17, 15) is 4.79 Å². The third-order valence-corrected chi connectivity index (χ3v) is 5.47. The maximum absolute atomic E-state index is 12.5. The Kier molecular flexibility index (Phi) is 6.30. The second-order valence-corrected chi connectivity index (χ2v) is 7.59. The molecule has 1 aliphatic rings. The van der Waals surface area contributed by atoms with Crippen molar-refractivity contribution in [3.05, 3.63) is 65.5 Å². The van der Waals surface area contributed by atoms with Crippen LogP contribution >= 0.6 is 11.6 Å². The van der Waals surface area contributed by atoms with Crippen LogP contribution in [0, 0.1) is 0 Å².